The SMILES string of the molecule is CCc1oc(=O)oc1COC(=O)N1CCC(N2CC/C(=C\C3=C(C(=O)O)N4C(=O)[C@@H](NC(=O)/C(=N/O)c5nsc(N)n5)C4SC3)C2=O)C1. The van der Waals surface area contributed by atoms with Gasteiger partial charge in [0.25, 0.3) is 11.8 Å². The number of fused-ring (bicyclic) bond motifs is 1. The summed E-state index contributed by atoms with van der Waals surface area (Å²) in [6, 6.07) is -1.41. The second-order valence-electron chi connectivity index (χ2n) is 11.0. The van der Waals surface area contributed by atoms with Crippen molar-refractivity contribution in [2.75, 3.05) is 31.1 Å². The van der Waals surface area contributed by atoms with E-state index >= 15 is 0 Å². The van der Waals surface area contributed by atoms with Gasteiger partial charge in [-0.2, -0.15) is 9.36 Å². The fourth-order valence-electron chi connectivity index (χ4n) is 5.91. The Labute approximate surface area is 278 Å². The minimum Gasteiger partial charge on any atom is -0.477 e. The maximum Gasteiger partial charge on any atom is 0.519 e. The fraction of sp³-hybridized carbons (Fsp3) is 0.444. The van der Waals surface area contributed by atoms with Crippen LogP contribution in [-0.2, 0) is 36.9 Å². The zero-order chi connectivity index (χ0) is 34.3. The van der Waals surface area contributed by atoms with E-state index in [1.54, 1.807) is 11.8 Å². The van der Waals surface area contributed by atoms with Gasteiger partial charge in [-0.1, -0.05) is 12.1 Å². The second-order valence-corrected chi connectivity index (χ2v) is 12.8. The van der Waals surface area contributed by atoms with Gasteiger partial charge in [-0.05, 0) is 24.5 Å². The molecule has 6 heterocycles. The van der Waals surface area contributed by atoms with Crippen molar-refractivity contribution in [1.82, 2.24) is 29.4 Å². The molecule has 3 fully saturated rings. The number of ether oxygens (including phenoxy) is 1. The van der Waals surface area contributed by atoms with E-state index in [-0.39, 0.29) is 58.8 Å². The van der Waals surface area contributed by atoms with Crippen LogP contribution in [0, 0.1) is 0 Å². The Morgan fingerprint density at radius 1 is 1.21 bits per heavy atom. The summed E-state index contributed by atoms with van der Waals surface area (Å²) in [4.78, 5) is 83.6. The van der Waals surface area contributed by atoms with E-state index in [1.807, 2.05) is 0 Å². The van der Waals surface area contributed by atoms with Gasteiger partial charge >= 0.3 is 17.9 Å². The van der Waals surface area contributed by atoms with Crippen LogP contribution in [0.15, 0.2) is 41.7 Å². The van der Waals surface area contributed by atoms with Crippen LogP contribution in [0.25, 0.3) is 0 Å². The first-order valence-electron chi connectivity index (χ1n) is 14.6. The molecule has 48 heavy (non-hydrogen) atoms. The van der Waals surface area contributed by atoms with Crippen molar-refractivity contribution >= 4 is 63.9 Å². The van der Waals surface area contributed by atoms with E-state index in [0.29, 0.717) is 43.7 Å². The Morgan fingerprint density at radius 2 is 1.98 bits per heavy atom. The van der Waals surface area contributed by atoms with Crippen LogP contribution in [0.2, 0.25) is 0 Å². The van der Waals surface area contributed by atoms with Crippen LogP contribution < -0.4 is 16.9 Å². The minimum atomic E-state index is -1.38. The van der Waals surface area contributed by atoms with Crippen LogP contribution >= 0.6 is 23.3 Å². The number of aliphatic carboxylic acids is 1. The maximum atomic E-state index is 13.4. The number of likely N-dealkylation sites (tertiary alicyclic amines) is 2. The van der Waals surface area contributed by atoms with E-state index in [9.17, 15) is 39.1 Å². The van der Waals surface area contributed by atoms with Gasteiger partial charge in [0.05, 0.1) is 6.04 Å². The molecule has 3 atom stereocenters. The molecule has 2 aromatic rings. The molecule has 3 saturated heterocycles. The first-order valence-corrected chi connectivity index (χ1v) is 16.4. The molecule has 0 saturated carbocycles. The van der Waals surface area contributed by atoms with Crippen molar-refractivity contribution in [3.63, 3.8) is 0 Å². The minimum absolute atomic E-state index is 0.0328. The standard InChI is InChI=1S/C27H28N8O11S2/c1-2-14-15(46-27(42)45-14)9-44-26(41)33-5-4-13(8-33)34-6-3-11(21(34)37)7-12-10-47-23-17(22(38)35(23)18(12)24(39)40)29-20(36)16(31-43)19-30-25(28)48-32-19/h7,13,17,23,43H,2-6,8-10H2,1H3,(H,29,36)(H,39,40)(H2,28,30,32)/b11-7+,31-16+/t13?,17-,23?/m1/s1. The largest absolute Gasteiger partial charge is 0.519 e. The average Bonchev–Trinajstić information content (AvgIpc) is 3.86. The molecule has 254 valence electrons. The second kappa shape index (κ2) is 13.1. The van der Waals surface area contributed by atoms with Gasteiger partial charge in [0.15, 0.2) is 23.3 Å². The summed E-state index contributed by atoms with van der Waals surface area (Å²) in [5.74, 6) is -3.88. The number of amides is 4. The van der Waals surface area contributed by atoms with Crippen LogP contribution in [-0.4, -0.2) is 113 Å². The quantitative estimate of drug-likeness (QED) is 0.0859. The number of hydrogen-bond donors (Lipinski definition) is 4. The molecule has 0 radical (unpaired) electrons. The number of nitrogen functional groups attached to an aromatic ring is 1. The highest BCUT2D eigenvalue weighted by molar-refractivity contribution is 8.00. The molecule has 2 aromatic heterocycles. The van der Waals surface area contributed by atoms with Crippen LogP contribution in [0.1, 0.15) is 37.1 Å². The highest BCUT2D eigenvalue weighted by Crippen LogP contribution is 2.41. The molecule has 5 N–H and O–H groups in total. The van der Waals surface area contributed by atoms with Crippen molar-refractivity contribution in [2.45, 2.75) is 50.3 Å². The summed E-state index contributed by atoms with van der Waals surface area (Å²) in [5.41, 5.74) is 5.30. The lowest BCUT2D eigenvalue weighted by atomic mass is 10.0. The number of aryl methyl sites for hydroxylation is 1. The molecule has 4 aliphatic heterocycles. The number of thioether (sulfide) groups is 1. The summed E-state index contributed by atoms with van der Waals surface area (Å²) in [7, 11) is 0. The van der Waals surface area contributed by atoms with E-state index < -0.39 is 46.8 Å². The number of oxime groups is 1. The Bertz CT molecular complexity index is 1850. The van der Waals surface area contributed by atoms with Gasteiger partial charge in [0.2, 0.25) is 17.4 Å². The number of carbonyl (C=O) groups excluding carboxylic acids is 4. The number of anilines is 1. The van der Waals surface area contributed by atoms with Gasteiger partial charge in [0.1, 0.15) is 17.1 Å². The molecule has 4 amide bonds. The number of nitrogens with two attached hydrogens (primary N) is 1. The van der Waals surface area contributed by atoms with Gasteiger partial charge in [-0.25, -0.2) is 14.4 Å². The third kappa shape index (κ3) is 6.01. The third-order valence-corrected chi connectivity index (χ3v) is 10.0. The van der Waals surface area contributed by atoms with Gasteiger partial charge in [-0.3, -0.25) is 19.3 Å². The zero-order valence-electron chi connectivity index (χ0n) is 25.1. The summed E-state index contributed by atoms with van der Waals surface area (Å²) >= 11 is 1.97. The highest BCUT2D eigenvalue weighted by atomic mass is 32.2. The molecular weight excluding hydrogens is 676 g/mol. The lowest BCUT2D eigenvalue weighted by Crippen LogP contribution is -2.71. The van der Waals surface area contributed by atoms with Gasteiger partial charge in [-0.15, -0.1) is 11.8 Å². The molecule has 6 rings (SSSR count). The molecule has 21 heteroatoms. The predicted octanol–water partition coefficient (Wildman–Crippen LogP) is -0.284. The van der Waals surface area contributed by atoms with Crippen LogP contribution in [0.3, 0.4) is 0 Å². The highest BCUT2D eigenvalue weighted by Gasteiger charge is 2.54. The van der Waals surface area contributed by atoms with Crippen molar-refractivity contribution in [3.8, 4) is 0 Å². The third-order valence-electron chi connectivity index (χ3n) is 8.20. The first kappa shape index (κ1) is 32.7. The van der Waals surface area contributed by atoms with Crippen molar-refractivity contribution in [1.29, 1.82) is 0 Å². The molecule has 0 aromatic carbocycles. The van der Waals surface area contributed by atoms with Crippen molar-refractivity contribution < 1.29 is 47.9 Å². The Kier molecular flexibility index (Phi) is 8.97. The van der Waals surface area contributed by atoms with Gasteiger partial charge in [0, 0.05) is 48.9 Å². The predicted molar refractivity (Wildman–Crippen MR) is 164 cm³/mol. The molecule has 0 aliphatic carbocycles. The number of rotatable bonds is 9. The van der Waals surface area contributed by atoms with Crippen molar-refractivity contribution in [3.05, 3.63) is 50.9 Å². The summed E-state index contributed by atoms with van der Waals surface area (Å²) in [6.07, 6.45) is 2.08. The number of aromatic nitrogens is 2. The number of nitrogens with one attached hydrogen (secondary N) is 1. The van der Waals surface area contributed by atoms with E-state index in [1.165, 1.54) is 22.7 Å². The molecule has 0 bridgehead atoms. The van der Waals surface area contributed by atoms with Crippen molar-refractivity contribution in [2.24, 2.45) is 5.16 Å². The topological polar surface area (TPSA) is 264 Å². The van der Waals surface area contributed by atoms with E-state index in [2.05, 4.69) is 19.8 Å². The van der Waals surface area contributed by atoms with E-state index in [0.717, 1.165) is 16.4 Å². The molecular formula is C27H28N8O11S2. The molecule has 4 aliphatic rings. The number of carboxylic acids is 1. The maximum absolute atomic E-state index is 13.4. The smallest absolute Gasteiger partial charge is 0.477 e. The Balaban J connectivity index is 1.09. The average molecular weight is 705 g/mol. The normalized spacial score (nSPS) is 23.5. The Morgan fingerprint density at radius 3 is 2.67 bits per heavy atom. The van der Waals surface area contributed by atoms with Crippen LogP contribution in [0.4, 0.5) is 9.93 Å². The lowest BCUT2D eigenvalue weighted by molar-refractivity contribution is -0.150. The number of hydrogen-bond acceptors (Lipinski definition) is 16. The number of carbonyl (C=O) groups is 5. The first-order chi connectivity index (χ1) is 23.0. The summed E-state index contributed by atoms with van der Waals surface area (Å²) in [5, 5.41) is 24.0. The molecule has 2 unspecified atom stereocenters. The lowest BCUT2D eigenvalue weighted by Gasteiger charge is -2.49. The number of β-lactam (4-membered cyclic amide) rings is 1. The zero-order valence-corrected chi connectivity index (χ0v) is 26.7. The summed E-state index contributed by atoms with van der Waals surface area (Å²) < 4.78 is 18.9. The Hall–Kier alpha value is -5.18. The number of allylic oxidation sites excluding steroid dienone is 1. The molecule has 0 spiro atoms. The molecule has 19 nitrogen and oxygen atoms in total. The fourth-order valence-corrected chi connectivity index (χ4v) is 7.65. The number of carboxylic acid groups (broad SMARTS) is 1. The van der Waals surface area contributed by atoms with E-state index in [4.69, 9.17) is 19.3 Å². The number of nitrogens with zero attached hydrogens (tertiary/aromatic N) is 6. The van der Waals surface area contributed by atoms with Crippen LogP contribution in [0.5, 0.6) is 0 Å². The summed E-state index contributed by atoms with van der Waals surface area (Å²) in [6.45, 7) is 2.41. The monoisotopic (exact) mass is 704 g/mol. The van der Waals surface area contributed by atoms with Gasteiger partial charge < -0.3 is 44.7 Å².